The van der Waals surface area contributed by atoms with Gasteiger partial charge in [0.2, 0.25) is 0 Å². The SMILES string of the molecule is CCCCCCCC(=O)CC[C@@H]1C(CC=CCCCC(=O)OC(C)C)C(=O)C[C@H]1CI.CCCCCCC[C@@]1(O)CC[C@@H]2C(CC=CCCCC(=O)OC(C)C)C(=O)C[C@H]2C1.CCCCCCC[C@]1(O)CC[C@@H]2C(CC=CCCCC(=O)OC(C)C)C(=O)C[C@H]2C1.[I][Sm][I]. The van der Waals surface area contributed by atoms with E-state index >= 15 is 0 Å². The molecule has 94 heavy (non-hydrogen) atoms. The van der Waals surface area contributed by atoms with Crippen LogP contribution < -0.4 is 0 Å². The van der Waals surface area contributed by atoms with E-state index in [9.17, 15) is 43.8 Å². The molecule has 0 spiro atoms. The van der Waals surface area contributed by atoms with Crippen LogP contribution in [-0.4, -0.2) is 85.2 Å². The molecule has 5 fully saturated rings. The molecule has 12 nitrogen and oxygen atoms in total. The third-order valence-electron chi connectivity index (χ3n) is 20.2. The van der Waals surface area contributed by atoms with Gasteiger partial charge in [0, 0.05) is 73.5 Å². The van der Waals surface area contributed by atoms with Gasteiger partial charge in [-0.3, -0.25) is 33.6 Å². The monoisotopic (exact) mass is 1790 g/mol. The first-order valence-corrected chi connectivity index (χ1v) is 54.1. The molecule has 0 saturated heterocycles. The molecule has 0 heterocycles. The summed E-state index contributed by atoms with van der Waals surface area (Å²) in [5, 5.41) is 22.1. The number of aliphatic hydroxyl groups is 2. The molecule has 3 unspecified atom stereocenters. The Kier molecular flexibility index (Phi) is 51.2. The van der Waals surface area contributed by atoms with E-state index in [4.69, 9.17) is 14.2 Å². The maximum absolute atomic E-state index is 12.6. The summed E-state index contributed by atoms with van der Waals surface area (Å²) in [4.78, 5) is 84.8. The fourth-order valence-corrected chi connectivity index (χ4v) is 16.3. The Morgan fingerprint density at radius 1 is 0.489 bits per heavy atom. The zero-order valence-electron chi connectivity index (χ0n) is 60.1. The zero-order chi connectivity index (χ0) is 69.7. The van der Waals surface area contributed by atoms with Crippen molar-refractivity contribution in [1.29, 1.82) is 0 Å². The third-order valence-corrected chi connectivity index (χ3v) is 21.3. The molecule has 5 saturated carbocycles. The molecule has 0 amide bonds. The fourth-order valence-electron chi connectivity index (χ4n) is 15.4. The summed E-state index contributed by atoms with van der Waals surface area (Å²) in [5.41, 5.74) is -1.08. The minimum atomic E-state index is -0.539. The van der Waals surface area contributed by atoms with Gasteiger partial charge in [-0.15, -0.1) is 0 Å². The second-order valence-corrected chi connectivity index (χ2v) is 49.5. The van der Waals surface area contributed by atoms with Crippen LogP contribution >= 0.6 is 51.2 Å². The summed E-state index contributed by atoms with van der Waals surface area (Å²) in [7, 11) is 0. The molecule has 542 valence electrons. The van der Waals surface area contributed by atoms with Crippen LogP contribution in [0.25, 0.3) is 0 Å². The normalized spacial score (nSPS) is 25.7. The first-order valence-electron chi connectivity index (χ1n) is 37.5. The van der Waals surface area contributed by atoms with Gasteiger partial charge in [-0.2, -0.15) is 0 Å². The molecule has 0 aromatic heterocycles. The van der Waals surface area contributed by atoms with Crippen LogP contribution in [0.4, 0.5) is 0 Å². The number of hydrogen-bond acceptors (Lipinski definition) is 12. The Morgan fingerprint density at radius 2 is 0.840 bits per heavy atom. The van der Waals surface area contributed by atoms with Gasteiger partial charge >= 0.3 is 71.9 Å². The van der Waals surface area contributed by atoms with Gasteiger partial charge in [-0.25, -0.2) is 0 Å². The van der Waals surface area contributed by atoms with Gasteiger partial charge < -0.3 is 24.4 Å². The maximum atomic E-state index is 12.6. The van der Waals surface area contributed by atoms with Crippen molar-refractivity contribution >= 4 is 92.2 Å². The summed E-state index contributed by atoms with van der Waals surface area (Å²) in [6.07, 6.45) is 50.5. The molecule has 16 heteroatoms. The summed E-state index contributed by atoms with van der Waals surface area (Å²) >= 11 is 7.46. The average Bonchev–Trinajstić information content (AvgIpc) is 1.63. The summed E-state index contributed by atoms with van der Waals surface area (Å²) in [6.45, 7) is 17.8. The van der Waals surface area contributed by atoms with Crippen molar-refractivity contribution in [2.45, 2.75) is 355 Å². The van der Waals surface area contributed by atoms with Gasteiger partial charge in [-0.1, -0.05) is 170 Å². The van der Waals surface area contributed by atoms with Gasteiger partial charge in [0.1, 0.15) is 23.1 Å². The number of ether oxygens (including phenoxy) is 3. The molecular weight excluding hydrogens is 1660 g/mol. The molecular formula is C78H131I3O12Sm. The minimum absolute atomic E-state index is 0.0522. The predicted octanol–water partition coefficient (Wildman–Crippen LogP) is 21.1. The molecule has 0 bridgehead atoms. The van der Waals surface area contributed by atoms with E-state index in [0.29, 0.717) is 110 Å². The van der Waals surface area contributed by atoms with Gasteiger partial charge in [0.05, 0.1) is 29.5 Å². The summed E-state index contributed by atoms with van der Waals surface area (Å²) in [6, 6.07) is 0. The van der Waals surface area contributed by atoms with Gasteiger partial charge in [0.25, 0.3) is 0 Å². The van der Waals surface area contributed by atoms with E-state index in [2.05, 4.69) is 108 Å². The van der Waals surface area contributed by atoms with Crippen molar-refractivity contribution in [1.82, 2.24) is 0 Å². The molecule has 0 radical (unpaired) electrons. The number of allylic oxidation sites excluding steroid dienone is 6. The molecule has 5 aliphatic carbocycles. The fraction of sp³-hybridized carbons (Fsp3) is 0.833. The van der Waals surface area contributed by atoms with Crippen LogP contribution in [0.1, 0.15) is 326 Å². The third kappa shape index (κ3) is 39.3. The van der Waals surface area contributed by atoms with Crippen molar-refractivity contribution < 1.29 is 83.4 Å². The van der Waals surface area contributed by atoms with Gasteiger partial charge in [0.15, 0.2) is 0 Å². The number of alkyl halides is 1. The summed E-state index contributed by atoms with van der Waals surface area (Å²) < 4.78 is 16.4. The number of rotatable bonds is 43. The molecule has 5 aliphatic rings. The van der Waals surface area contributed by atoms with Crippen molar-refractivity contribution in [3.63, 3.8) is 0 Å². The van der Waals surface area contributed by atoms with E-state index in [1.807, 2.05) is 41.5 Å². The Bertz CT molecular complexity index is 2120. The second-order valence-electron chi connectivity index (χ2n) is 29.2. The Balaban J connectivity index is 0.000000470. The van der Waals surface area contributed by atoms with E-state index < -0.39 is 11.2 Å². The number of halogens is 3. The first-order chi connectivity index (χ1) is 45.0. The van der Waals surface area contributed by atoms with Crippen LogP contribution in [0.5, 0.6) is 0 Å². The Labute approximate surface area is 618 Å². The molecule has 0 aromatic rings. The number of unbranched alkanes of at least 4 members (excludes halogenated alkanes) is 15. The number of fused-ring (bicyclic) bond motifs is 2. The van der Waals surface area contributed by atoms with Crippen LogP contribution in [0.2, 0.25) is 0 Å². The molecule has 5 rings (SSSR count). The van der Waals surface area contributed by atoms with E-state index in [1.54, 1.807) is 0 Å². The van der Waals surface area contributed by atoms with Crippen LogP contribution in [0, 0.1) is 78.7 Å². The Hall–Kier alpha value is -0.242. The van der Waals surface area contributed by atoms with Crippen LogP contribution in [0.15, 0.2) is 36.5 Å². The average molecular weight is 1790 g/mol. The molecule has 11 atom stereocenters. The van der Waals surface area contributed by atoms with Gasteiger partial charge in [-0.05, 0) is 199 Å². The van der Waals surface area contributed by atoms with E-state index in [-0.39, 0.29) is 79.4 Å². The van der Waals surface area contributed by atoms with Crippen molar-refractivity contribution in [3.8, 4) is 0 Å². The standard InChI is InChI=1S/C26H43IO4.2C26H44O4.2HI.Sm/c1-4-5-6-7-10-13-22(28)16-17-23-21(19-27)18-25(29)24(23)14-11-8-9-12-15-26(30)31-20(2)3;2*1-4-5-6-9-12-16-26(29)17-15-22-21(19-26)18-24(27)23(22)13-10-7-8-11-14-25(28)30-20(2)3;;;/h8,11,20-21,23-24H,4-7,9-10,12-19H2,1-3H3;2*7,10,20-23,29H,4-6,8-9,11-19H2,1-3H3;2*1H;/q;;;;;+2/p-2/t21-,23-,24?;21-,22-,23?,26+;21-,22-,23?,26-;;;/m000.../s1. The molecule has 0 aromatic carbocycles. The topological polar surface area (TPSA) is 188 Å². The predicted molar refractivity (Wildman–Crippen MR) is 406 cm³/mol. The van der Waals surface area contributed by atoms with Crippen LogP contribution in [-0.2, 0) is 47.8 Å². The van der Waals surface area contributed by atoms with E-state index in [0.717, 1.165) is 146 Å². The summed E-state index contributed by atoms with van der Waals surface area (Å²) in [5.74, 6) is 3.80. The molecule has 2 N–H and O–H groups in total. The number of carbonyl (C=O) groups is 7. The molecule has 0 aliphatic heterocycles. The van der Waals surface area contributed by atoms with Crippen molar-refractivity contribution in [3.05, 3.63) is 36.5 Å². The first kappa shape index (κ1) is 89.8. The second kappa shape index (κ2) is 53.6. The Morgan fingerprint density at radius 3 is 1.20 bits per heavy atom. The van der Waals surface area contributed by atoms with Crippen LogP contribution in [0.3, 0.4) is 0 Å². The number of Topliss-reactive ketones (excluding diaryl/α,β-unsaturated/α-hetero) is 4. The van der Waals surface area contributed by atoms with Crippen molar-refractivity contribution in [2.75, 3.05) is 4.43 Å². The number of esters is 3. The number of carbonyl (C=O) groups excluding carboxylic acids is 7. The quantitative estimate of drug-likeness (QED) is 0.0147. The zero-order valence-corrected chi connectivity index (χ0v) is 69.2. The number of hydrogen-bond donors (Lipinski definition) is 2. The van der Waals surface area contributed by atoms with Crippen molar-refractivity contribution in [2.24, 2.45) is 53.3 Å². The number of ketones is 4. The van der Waals surface area contributed by atoms with E-state index in [1.165, 1.54) is 70.6 Å².